The molecule has 2 rings (SSSR count). The van der Waals surface area contributed by atoms with Gasteiger partial charge in [0.15, 0.2) is 0 Å². The van der Waals surface area contributed by atoms with Gasteiger partial charge in [0.25, 0.3) is 0 Å². The summed E-state index contributed by atoms with van der Waals surface area (Å²) < 4.78 is 3.18. The van der Waals surface area contributed by atoms with Crippen molar-refractivity contribution in [1.82, 2.24) is 4.75 Å². The molecule has 1 N–H and O–H groups in total. The highest BCUT2D eigenvalue weighted by Gasteiger charge is 2.19. The van der Waals surface area contributed by atoms with E-state index in [-0.39, 0.29) is 0 Å². The van der Waals surface area contributed by atoms with Crippen molar-refractivity contribution in [3.63, 3.8) is 0 Å². The van der Waals surface area contributed by atoms with E-state index in [1.165, 1.54) is 27.6 Å². The maximum absolute atomic E-state index is 3.18. The van der Waals surface area contributed by atoms with Crippen molar-refractivity contribution in [1.29, 1.82) is 0 Å². The zero-order valence-corrected chi connectivity index (χ0v) is 6.20. The van der Waals surface area contributed by atoms with Crippen LogP contribution in [0.2, 0.25) is 0 Å². The molecule has 0 spiro atoms. The van der Waals surface area contributed by atoms with Crippen LogP contribution in [0.5, 0.6) is 0 Å². The summed E-state index contributed by atoms with van der Waals surface area (Å²) >= 11 is 0. The summed E-state index contributed by atoms with van der Waals surface area (Å²) in [4.78, 5) is 0. The summed E-state index contributed by atoms with van der Waals surface area (Å²) in [5.41, 5.74) is 0. The Labute approximate surface area is 56.7 Å². The van der Waals surface area contributed by atoms with Gasteiger partial charge in [-0.15, -0.1) is 0 Å². The number of H-pyrrole nitrogens is 1. The molecule has 1 aromatic heterocycles. The molecule has 0 aliphatic heterocycles. The van der Waals surface area contributed by atoms with Crippen molar-refractivity contribution in [3.8, 4) is 0 Å². The van der Waals surface area contributed by atoms with Gasteiger partial charge in [-0.25, -0.2) is 0 Å². The molecule has 1 aromatic rings. The Morgan fingerprint density at radius 3 is 2.89 bits per heavy atom. The monoisotopic (exact) mass is 139 g/mol. The normalized spacial score (nSPS) is 20.4. The standard InChI is InChI=1S/C7H10NP/c1-2-6(3-1)7-4-5-8-9-7/h4-6,8H,1-3H2. The molecule has 9 heavy (non-hydrogen) atoms. The van der Waals surface area contributed by atoms with Crippen LogP contribution in [0.3, 0.4) is 0 Å². The van der Waals surface area contributed by atoms with Crippen LogP contribution in [0.1, 0.15) is 30.5 Å². The minimum atomic E-state index is 0.929. The maximum atomic E-state index is 3.18. The van der Waals surface area contributed by atoms with Crippen LogP contribution in [0.4, 0.5) is 0 Å². The maximum Gasteiger partial charge on any atom is 0.0142 e. The average Bonchev–Trinajstić information content (AvgIpc) is 2.11. The van der Waals surface area contributed by atoms with Crippen molar-refractivity contribution >= 4 is 8.35 Å². The molecule has 0 amide bonds. The number of hydrogen-bond acceptors (Lipinski definition) is 0. The molecule has 0 radical (unpaired) electrons. The first-order chi connectivity index (χ1) is 4.47. The summed E-state index contributed by atoms with van der Waals surface area (Å²) in [7, 11) is 1.34. The molecule has 0 atom stereocenters. The Bertz CT molecular complexity index is 177. The molecule has 0 unspecified atom stereocenters. The van der Waals surface area contributed by atoms with Crippen LogP contribution in [0, 0.1) is 0 Å². The third-order valence-electron chi connectivity index (χ3n) is 2.05. The molecular weight excluding hydrogens is 129 g/mol. The second-order valence-corrected chi connectivity index (χ2v) is 3.63. The lowest BCUT2D eigenvalue weighted by Gasteiger charge is -2.23. The van der Waals surface area contributed by atoms with E-state index in [9.17, 15) is 0 Å². The Balaban J connectivity index is 2.14. The fourth-order valence-corrected chi connectivity index (χ4v) is 2.09. The van der Waals surface area contributed by atoms with Crippen molar-refractivity contribution in [3.05, 3.63) is 17.6 Å². The summed E-state index contributed by atoms with van der Waals surface area (Å²) in [6, 6.07) is 2.23. The molecule has 1 nitrogen and oxygen atoms in total. The van der Waals surface area contributed by atoms with Gasteiger partial charge in [-0.1, -0.05) is 6.42 Å². The Morgan fingerprint density at radius 1 is 1.56 bits per heavy atom. The highest BCUT2D eigenvalue weighted by Crippen LogP contribution is 2.39. The van der Waals surface area contributed by atoms with Crippen LogP contribution in [-0.4, -0.2) is 4.75 Å². The third kappa shape index (κ3) is 0.900. The Kier molecular flexibility index (Phi) is 1.31. The van der Waals surface area contributed by atoms with E-state index in [1.807, 2.05) is 0 Å². The fourth-order valence-electron chi connectivity index (χ4n) is 1.20. The van der Waals surface area contributed by atoms with Crippen LogP contribution in [0.25, 0.3) is 0 Å². The topological polar surface area (TPSA) is 15.8 Å². The first kappa shape index (κ1) is 5.49. The number of rotatable bonds is 1. The van der Waals surface area contributed by atoms with Gasteiger partial charge in [-0.2, -0.15) is 0 Å². The number of nitrogens with one attached hydrogen (secondary N) is 1. The highest BCUT2D eigenvalue weighted by atomic mass is 31.0. The van der Waals surface area contributed by atoms with Crippen molar-refractivity contribution in [2.24, 2.45) is 0 Å². The molecule has 0 bridgehead atoms. The van der Waals surface area contributed by atoms with E-state index in [0.29, 0.717) is 0 Å². The molecule has 0 saturated heterocycles. The van der Waals surface area contributed by atoms with Gasteiger partial charge in [0.1, 0.15) is 0 Å². The van der Waals surface area contributed by atoms with Crippen LogP contribution < -0.4 is 0 Å². The fraction of sp³-hybridized carbons (Fsp3) is 0.571. The van der Waals surface area contributed by atoms with Crippen LogP contribution >= 0.6 is 8.35 Å². The summed E-state index contributed by atoms with van der Waals surface area (Å²) in [5, 5.41) is 1.60. The average molecular weight is 139 g/mol. The lowest BCUT2D eigenvalue weighted by atomic mass is 9.84. The van der Waals surface area contributed by atoms with Gasteiger partial charge in [-0.3, -0.25) is 0 Å². The van der Waals surface area contributed by atoms with Gasteiger partial charge >= 0.3 is 0 Å². The molecule has 1 fully saturated rings. The molecule has 0 aromatic carbocycles. The van der Waals surface area contributed by atoms with Gasteiger partial charge in [-0.05, 0) is 24.8 Å². The number of aromatic amines is 1. The molecular formula is C7H10NP. The lowest BCUT2D eigenvalue weighted by molar-refractivity contribution is 0.426. The minimum Gasteiger partial charge on any atom is -0.344 e. The zero-order chi connectivity index (χ0) is 6.10. The van der Waals surface area contributed by atoms with Crippen LogP contribution in [0.15, 0.2) is 12.3 Å². The second kappa shape index (κ2) is 2.15. The lowest BCUT2D eigenvalue weighted by Crippen LogP contribution is -2.05. The number of hydrogen-bond donors (Lipinski definition) is 1. The first-order valence-electron chi connectivity index (χ1n) is 3.46. The predicted octanol–water partition coefficient (Wildman–Crippen LogP) is 2.86. The largest absolute Gasteiger partial charge is 0.344 e. The smallest absolute Gasteiger partial charge is 0.0142 e. The summed E-state index contributed by atoms with van der Waals surface area (Å²) in [6.45, 7) is 0. The Hall–Kier alpha value is -0.290. The van der Waals surface area contributed by atoms with Crippen LogP contribution in [-0.2, 0) is 0 Å². The minimum absolute atomic E-state index is 0.929. The second-order valence-electron chi connectivity index (χ2n) is 2.63. The van der Waals surface area contributed by atoms with E-state index in [2.05, 4.69) is 17.0 Å². The molecule has 1 heterocycles. The van der Waals surface area contributed by atoms with Gasteiger partial charge in [0.2, 0.25) is 0 Å². The molecule has 2 heteroatoms. The number of aromatic nitrogens is 1. The van der Waals surface area contributed by atoms with Crippen molar-refractivity contribution in [2.75, 3.05) is 0 Å². The summed E-state index contributed by atoms with van der Waals surface area (Å²) in [5.74, 6) is 0.929. The van der Waals surface area contributed by atoms with Crippen molar-refractivity contribution < 1.29 is 0 Å². The molecule has 1 saturated carbocycles. The highest BCUT2D eigenvalue weighted by molar-refractivity contribution is 7.26. The third-order valence-corrected chi connectivity index (χ3v) is 3.10. The zero-order valence-electron chi connectivity index (χ0n) is 5.30. The quantitative estimate of drug-likeness (QED) is 0.615. The summed E-state index contributed by atoms with van der Waals surface area (Å²) in [6.07, 6.45) is 6.34. The van der Waals surface area contributed by atoms with E-state index >= 15 is 0 Å². The van der Waals surface area contributed by atoms with E-state index < -0.39 is 0 Å². The van der Waals surface area contributed by atoms with E-state index in [0.717, 1.165) is 5.92 Å². The van der Waals surface area contributed by atoms with E-state index in [1.54, 1.807) is 5.30 Å². The van der Waals surface area contributed by atoms with Gasteiger partial charge < -0.3 is 4.75 Å². The Morgan fingerprint density at radius 2 is 2.44 bits per heavy atom. The van der Waals surface area contributed by atoms with Crippen molar-refractivity contribution in [2.45, 2.75) is 25.2 Å². The molecule has 1 aliphatic rings. The van der Waals surface area contributed by atoms with Gasteiger partial charge in [0, 0.05) is 19.8 Å². The van der Waals surface area contributed by atoms with E-state index in [4.69, 9.17) is 0 Å². The molecule has 1 aliphatic carbocycles. The van der Waals surface area contributed by atoms with Gasteiger partial charge in [0.05, 0.1) is 0 Å². The predicted molar refractivity (Wildman–Crippen MR) is 39.9 cm³/mol. The molecule has 48 valence electrons. The SMILES string of the molecule is c1cc(C2CCC2)p[nH]1. The first-order valence-corrected chi connectivity index (χ1v) is 4.36.